The molecule has 3 aliphatic heterocycles. The molecule has 0 spiro atoms. The summed E-state index contributed by atoms with van der Waals surface area (Å²) in [4.78, 5) is 6.31. The van der Waals surface area contributed by atoms with Crippen molar-refractivity contribution in [1.82, 2.24) is 0 Å². The number of hydrogen-bond donors (Lipinski definition) is 0. The molecular weight excluding hydrogens is 615 g/mol. The smallest absolute Gasteiger partial charge is 0.261 e. The SMILES string of the molecule is [C-]#[N+]c1ccc2c3c1Oc1ccccc1B3c1c(cccc1N1c3ccccc3[Si](c3ccccc3)(c3ccccc3)c3ccccc31)O2. The van der Waals surface area contributed by atoms with Crippen molar-refractivity contribution in [2.75, 3.05) is 4.90 Å². The molecule has 49 heavy (non-hydrogen) atoms. The van der Waals surface area contributed by atoms with Crippen molar-refractivity contribution in [2.45, 2.75) is 0 Å². The Bertz CT molecular complexity index is 2410. The molecule has 6 heteroatoms. The number of fused-ring (bicyclic) bond motifs is 6. The molecule has 0 atom stereocenters. The number of hydrogen-bond acceptors (Lipinski definition) is 3. The predicted octanol–water partition coefficient (Wildman–Crippen LogP) is 6.13. The van der Waals surface area contributed by atoms with Crippen LogP contribution in [0.2, 0.25) is 0 Å². The summed E-state index contributed by atoms with van der Waals surface area (Å²) in [6.45, 7) is 7.78. The summed E-state index contributed by atoms with van der Waals surface area (Å²) >= 11 is 0. The Hall–Kier alpha value is -6.29. The fourth-order valence-electron chi connectivity index (χ4n) is 8.40. The van der Waals surface area contributed by atoms with E-state index in [1.807, 2.05) is 18.2 Å². The van der Waals surface area contributed by atoms with E-state index in [0.717, 1.165) is 50.7 Å². The Morgan fingerprint density at radius 1 is 0.490 bits per heavy atom. The summed E-state index contributed by atoms with van der Waals surface area (Å²) in [5.41, 5.74) is 6.89. The van der Waals surface area contributed by atoms with Crippen molar-refractivity contribution in [3.63, 3.8) is 0 Å². The highest BCUT2D eigenvalue weighted by Crippen LogP contribution is 2.44. The molecule has 0 saturated heterocycles. The van der Waals surface area contributed by atoms with Crippen LogP contribution < -0.4 is 51.5 Å². The van der Waals surface area contributed by atoms with E-state index in [1.54, 1.807) is 6.07 Å². The van der Waals surface area contributed by atoms with Crippen LogP contribution in [0.15, 0.2) is 164 Å². The van der Waals surface area contributed by atoms with Gasteiger partial charge in [0.1, 0.15) is 23.0 Å². The second kappa shape index (κ2) is 10.6. The maximum absolute atomic E-state index is 7.97. The number of nitrogens with zero attached hydrogens (tertiary/aromatic N) is 2. The van der Waals surface area contributed by atoms with Crippen LogP contribution in [0.1, 0.15) is 0 Å². The Morgan fingerprint density at radius 2 is 1.04 bits per heavy atom. The lowest BCUT2D eigenvalue weighted by molar-refractivity contribution is 0.466. The first-order valence-corrected chi connectivity index (χ1v) is 18.5. The van der Waals surface area contributed by atoms with Crippen molar-refractivity contribution < 1.29 is 9.47 Å². The first kappa shape index (κ1) is 27.8. The molecule has 0 aliphatic carbocycles. The van der Waals surface area contributed by atoms with E-state index in [-0.39, 0.29) is 6.71 Å². The standard InChI is InChI=1S/C43H27BN2O2Si/c1-45-32-27-28-38-42-43(32)48-36-23-11-8-19-31(36)44(42)41-35(22-14-24-37(41)47-38)46-33-20-9-12-25-39(33)49(29-15-4-2-5-16-29,30-17-6-3-7-18-30)40-26-13-10-21-34(40)46/h2-28H. The Kier molecular flexibility index (Phi) is 6.02. The highest BCUT2D eigenvalue weighted by molar-refractivity contribution is 7.21. The van der Waals surface area contributed by atoms with Crippen LogP contribution in [0, 0.1) is 6.57 Å². The van der Waals surface area contributed by atoms with Crippen LogP contribution >= 0.6 is 0 Å². The summed E-state index contributed by atoms with van der Waals surface area (Å²) in [6.07, 6.45) is 0. The first-order valence-electron chi connectivity index (χ1n) is 16.5. The zero-order valence-electron chi connectivity index (χ0n) is 26.4. The van der Waals surface area contributed by atoms with E-state index < -0.39 is 8.07 Å². The number of benzene rings is 7. The molecule has 228 valence electrons. The molecule has 0 radical (unpaired) electrons. The summed E-state index contributed by atoms with van der Waals surface area (Å²) in [7, 11) is -2.76. The summed E-state index contributed by atoms with van der Waals surface area (Å²) in [6, 6.07) is 58.4. The molecule has 0 N–H and O–H groups in total. The van der Waals surface area contributed by atoms with Gasteiger partial charge in [-0.05, 0) is 74.1 Å². The largest absolute Gasteiger partial charge is 0.469 e. The highest BCUT2D eigenvalue weighted by Gasteiger charge is 2.50. The second-order valence-corrected chi connectivity index (χ2v) is 16.4. The normalized spacial score (nSPS) is 14.1. The molecule has 3 aliphatic rings. The Morgan fingerprint density at radius 3 is 1.71 bits per heavy atom. The summed E-state index contributed by atoms with van der Waals surface area (Å²) in [5, 5.41) is 5.37. The van der Waals surface area contributed by atoms with Crippen molar-refractivity contribution in [1.29, 1.82) is 0 Å². The van der Waals surface area contributed by atoms with Crippen LogP contribution in [0.3, 0.4) is 0 Å². The van der Waals surface area contributed by atoms with Gasteiger partial charge in [-0.3, -0.25) is 0 Å². The van der Waals surface area contributed by atoms with E-state index in [0.29, 0.717) is 11.4 Å². The summed E-state index contributed by atoms with van der Waals surface area (Å²) < 4.78 is 13.2. The van der Waals surface area contributed by atoms with Gasteiger partial charge in [-0.25, -0.2) is 4.85 Å². The highest BCUT2D eigenvalue weighted by atomic mass is 28.3. The Labute approximate surface area is 286 Å². The van der Waals surface area contributed by atoms with Gasteiger partial charge in [0.15, 0.2) is 8.07 Å². The van der Waals surface area contributed by atoms with Crippen LogP contribution in [0.25, 0.3) is 4.85 Å². The van der Waals surface area contributed by atoms with Gasteiger partial charge < -0.3 is 14.4 Å². The molecule has 10 rings (SSSR count). The molecule has 0 amide bonds. The quantitative estimate of drug-likeness (QED) is 0.172. The zero-order valence-corrected chi connectivity index (χ0v) is 27.4. The molecular formula is C43H27BN2O2Si. The third-order valence-electron chi connectivity index (χ3n) is 10.3. The Balaban J connectivity index is 1.29. The molecule has 0 aromatic heterocycles. The minimum Gasteiger partial charge on any atom is -0.469 e. The minimum absolute atomic E-state index is 0.192. The lowest BCUT2D eigenvalue weighted by atomic mass is 9.34. The van der Waals surface area contributed by atoms with E-state index in [1.165, 1.54) is 20.7 Å². The number of anilines is 3. The lowest BCUT2D eigenvalue weighted by Gasteiger charge is -2.46. The molecule has 3 heterocycles. The van der Waals surface area contributed by atoms with Gasteiger partial charge in [0, 0.05) is 22.5 Å². The zero-order chi connectivity index (χ0) is 32.5. The average Bonchev–Trinajstić information content (AvgIpc) is 3.17. The monoisotopic (exact) mass is 642 g/mol. The van der Waals surface area contributed by atoms with E-state index in [2.05, 4.69) is 149 Å². The van der Waals surface area contributed by atoms with Crippen molar-refractivity contribution in [3.8, 4) is 23.0 Å². The second-order valence-electron chi connectivity index (χ2n) is 12.7. The number of rotatable bonds is 3. The number of para-hydroxylation sites is 3. The maximum Gasteiger partial charge on any atom is 0.261 e. The minimum atomic E-state index is -2.76. The lowest BCUT2D eigenvalue weighted by Crippen LogP contribution is -2.77. The van der Waals surface area contributed by atoms with Gasteiger partial charge >= 0.3 is 0 Å². The van der Waals surface area contributed by atoms with Crippen molar-refractivity contribution >= 4 is 74.7 Å². The van der Waals surface area contributed by atoms with E-state index >= 15 is 0 Å². The van der Waals surface area contributed by atoms with Crippen LogP contribution in [0.4, 0.5) is 22.7 Å². The molecule has 0 bridgehead atoms. The maximum atomic E-state index is 7.97. The molecule has 0 saturated carbocycles. The van der Waals surface area contributed by atoms with Gasteiger partial charge in [-0.15, -0.1) is 0 Å². The topological polar surface area (TPSA) is 26.1 Å². The number of ether oxygens (including phenoxy) is 2. The molecule has 0 unspecified atom stereocenters. The van der Waals surface area contributed by atoms with Gasteiger partial charge in [-0.2, -0.15) is 0 Å². The molecule has 0 fully saturated rings. The fraction of sp³-hybridized carbons (Fsp3) is 0. The van der Waals surface area contributed by atoms with Gasteiger partial charge in [0.2, 0.25) is 5.69 Å². The van der Waals surface area contributed by atoms with Crippen LogP contribution in [0.5, 0.6) is 23.0 Å². The van der Waals surface area contributed by atoms with Crippen molar-refractivity contribution in [2.24, 2.45) is 0 Å². The van der Waals surface area contributed by atoms with Crippen LogP contribution in [-0.4, -0.2) is 14.8 Å². The van der Waals surface area contributed by atoms with Gasteiger partial charge in [0.05, 0.1) is 6.57 Å². The molecule has 4 nitrogen and oxygen atoms in total. The summed E-state index contributed by atoms with van der Waals surface area (Å²) in [5.74, 6) is 2.88. The fourth-order valence-corrected chi connectivity index (χ4v) is 13.5. The van der Waals surface area contributed by atoms with Gasteiger partial charge in [-0.1, -0.05) is 121 Å². The molecule has 7 aromatic carbocycles. The third-order valence-corrected chi connectivity index (χ3v) is 15.2. The van der Waals surface area contributed by atoms with E-state index in [9.17, 15) is 0 Å². The van der Waals surface area contributed by atoms with Crippen LogP contribution in [-0.2, 0) is 0 Å². The molecule has 7 aromatic rings. The third kappa shape index (κ3) is 3.79. The van der Waals surface area contributed by atoms with E-state index in [4.69, 9.17) is 16.0 Å². The predicted molar refractivity (Wildman–Crippen MR) is 202 cm³/mol. The average molecular weight is 643 g/mol. The van der Waals surface area contributed by atoms with Crippen molar-refractivity contribution in [3.05, 3.63) is 175 Å². The first-order chi connectivity index (χ1) is 24.3. The van der Waals surface area contributed by atoms with Gasteiger partial charge in [0.25, 0.3) is 6.71 Å².